The van der Waals surface area contributed by atoms with E-state index in [9.17, 15) is 13.2 Å². The number of carbonyl (C=O) groups excluding carboxylic acids is 1. The summed E-state index contributed by atoms with van der Waals surface area (Å²) in [5.74, 6) is 0.194. The van der Waals surface area contributed by atoms with Crippen molar-refractivity contribution >= 4 is 15.9 Å². The first kappa shape index (κ1) is 15.7. The highest BCUT2D eigenvalue weighted by Gasteiger charge is 2.26. The molecule has 21 heavy (non-hydrogen) atoms. The number of nitrogens with one attached hydrogen (secondary N) is 1. The van der Waals surface area contributed by atoms with Gasteiger partial charge in [0.2, 0.25) is 10.0 Å². The van der Waals surface area contributed by atoms with E-state index in [1.54, 1.807) is 0 Å². The van der Waals surface area contributed by atoms with Gasteiger partial charge in [-0.15, -0.1) is 0 Å². The summed E-state index contributed by atoms with van der Waals surface area (Å²) in [6.45, 7) is 1.43. The molecule has 1 heterocycles. The molecule has 8 heteroatoms. The van der Waals surface area contributed by atoms with E-state index in [2.05, 4.69) is 5.32 Å². The van der Waals surface area contributed by atoms with E-state index in [0.717, 1.165) is 0 Å². The zero-order valence-electron chi connectivity index (χ0n) is 11.7. The van der Waals surface area contributed by atoms with Crippen LogP contribution in [0, 0.1) is 0 Å². The molecule has 1 saturated heterocycles. The number of benzene rings is 1. The Balaban J connectivity index is 2.05. The van der Waals surface area contributed by atoms with Crippen molar-refractivity contribution in [2.24, 2.45) is 0 Å². The van der Waals surface area contributed by atoms with Gasteiger partial charge in [0.25, 0.3) is 5.91 Å². The molecule has 1 aromatic rings. The lowest BCUT2D eigenvalue weighted by molar-refractivity contribution is -0.122. The number of amides is 1. The highest BCUT2D eigenvalue weighted by molar-refractivity contribution is 7.89. The molecule has 1 aliphatic rings. The van der Waals surface area contributed by atoms with E-state index in [1.165, 1.54) is 35.6 Å². The predicted octanol–water partition coefficient (Wildman–Crippen LogP) is -0.168. The van der Waals surface area contributed by atoms with Gasteiger partial charge < -0.3 is 14.8 Å². The van der Waals surface area contributed by atoms with Gasteiger partial charge in [-0.2, -0.15) is 4.31 Å². The zero-order chi connectivity index (χ0) is 15.3. The van der Waals surface area contributed by atoms with Crippen LogP contribution >= 0.6 is 0 Å². The number of rotatable bonds is 5. The third-order valence-corrected chi connectivity index (χ3v) is 4.99. The largest absolute Gasteiger partial charge is 0.484 e. The van der Waals surface area contributed by atoms with Crippen LogP contribution in [0.25, 0.3) is 0 Å². The van der Waals surface area contributed by atoms with E-state index >= 15 is 0 Å². The third-order valence-electron chi connectivity index (χ3n) is 3.08. The van der Waals surface area contributed by atoms with Gasteiger partial charge in [0.1, 0.15) is 5.75 Å². The van der Waals surface area contributed by atoms with Crippen molar-refractivity contribution in [3.05, 3.63) is 24.3 Å². The summed E-state index contributed by atoms with van der Waals surface area (Å²) in [4.78, 5) is 11.3. The first-order chi connectivity index (χ1) is 10.0. The molecule has 2 rings (SSSR count). The van der Waals surface area contributed by atoms with Gasteiger partial charge in [-0.3, -0.25) is 4.79 Å². The molecule has 1 aromatic carbocycles. The molecule has 0 radical (unpaired) electrons. The summed E-state index contributed by atoms with van der Waals surface area (Å²) in [5, 5.41) is 2.44. The second-order valence-corrected chi connectivity index (χ2v) is 6.39. The molecule has 0 bridgehead atoms. The number of ether oxygens (including phenoxy) is 2. The van der Waals surface area contributed by atoms with Crippen molar-refractivity contribution in [1.82, 2.24) is 9.62 Å². The van der Waals surface area contributed by atoms with Crippen LogP contribution in [0.3, 0.4) is 0 Å². The number of likely N-dealkylation sites (N-methyl/N-ethyl adjacent to an activating group) is 1. The van der Waals surface area contributed by atoms with E-state index in [1.807, 2.05) is 0 Å². The Morgan fingerprint density at radius 2 is 1.90 bits per heavy atom. The van der Waals surface area contributed by atoms with Crippen molar-refractivity contribution < 1.29 is 22.7 Å². The Hall–Kier alpha value is -1.64. The molecule has 0 saturated carbocycles. The lowest BCUT2D eigenvalue weighted by Gasteiger charge is -2.26. The number of nitrogens with zero attached hydrogens (tertiary/aromatic N) is 1. The lowest BCUT2D eigenvalue weighted by atomic mass is 10.3. The molecule has 1 fully saturated rings. The average molecular weight is 314 g/mol. The second kappa shape index (κ2) is 6.88. The molecular formula is C13H18N2O5S. The molecule has 0 atom stereocenters. The van der Waals surface area contributed by atoms with Crippen LogP contribution < -0.4 is 10.1 Å². The molecule has 0 aromatic heterocycles. The number of hydrogen-bond acceptors (Lipinski definition) is 5. The van der Waals surface area contributed by atoms with Gasteiger partial charge in [-0.1, -0.05) is 0 Å². The quantitative estimate of drug-likeness (QED) is 0.816. The Bertz CT molecular complexity index is 579. The van der Waals surface area contributed by atoms with Crippen LogP contribution in [0.5, 0.6) is 5.75 Å². The van der Waals surface area contributed by atoms with E-state index in [-0.39, 0.29) is 17.4 Å². The topological polar surface area (TPSA) is 84.9 Å². The van der Waals surface area contributed by atoms with Gasteiger partial charge in [-0.25, -0.2) is 8.42 Å². The van der Waals surface area contributed by atoms with E-state index in [4.69, 9.17) is 9.47 Å². The maximum absolute atomic E-state index is 12.4. The SMILES string of the molecule is CNC(=O)COc1ccc(S(=O)(=O)N2CCOCC2)cc1. The molecular weight excluding hydrogens is 296 g/mol. The normalized spacial score (nSPS) is 16.4. The Morgan fingerprint density at radius 1 is 1.29 bits per heavy atom. The summed E-state index contributed by atoms with van der Waals surface area (Å²) in [6, 6.07) is 6.03. The first-order valence-corrected chi connectivity index (χ1v) is 7.99. The minimum atomic E-state index is -3.50. The molecule has 1 aliphatic heterocycles. The summed E-state index contributed by atoms with van der Waals surface area (Å²) < 4.78 is 36.5. The molecule has 1 amide bonds. The maximum atomic E-state index is 12.4. The van der Waals surface area contributed by atoms with Crippen molar-refractivity contribution in [3.63, 3.8) is 0 Å². The number of sulfonamides is 1. The standard InChI is InChI=1S/C13H18N2O5S/c1-14-13(16)10-20-11-2-4-12(5-3-11)21(17,18)15-6-8-19-9-7-15/h2-5H,6-10H2,1H3,(H,14,16). The minimum absolute atomic E-state index is 0.105. The van der Waals surface area contributed by atoms with E-state index in [0.29, 0.717) is 32.1 Å². The van der Waals surface area contributed by atoms with Crippen molar-refractivity contribution in [1.29, 1.82) is 0 Å². The van der Waals surface area contributed by atoms with Gasteiger partial charge in [0.05, 0.1) is 18.1 Å². The lowest BCUT2D eigenvalue weighted by Crippen LogP contribution is -2.40. The fraction of sp³-hybridized carbons (Fsp3) is 0.462. The summed E-state index contributed by atoms with van der Waals surface area (Å²) in [6.07, 6.45) is 0. The minimum Gasteiger partial charge on any atom is -0.484 e. The summed E-state index contributed by atoms with van der Waals surface area (Å²) in [7, 11) is -1.98. The Kier molecular flexibility index (Phi) is 5.16. The predicted molar refractivity (Wildman–Crippen MR) is 75.6 cm³/mol. The average Bonchev–Trinajstić information content (AvgIpc) is 2.53. The summed E-state index contributed by atoms with van der Waals surface area (Å²) >= 11 is 0. The zero-order valence-corrected chi connectivity index (χ0v) is 12.6. The van der Waals surface area contributed by atoms with Gasteiger partial charge in [0.15, 0.2) is 6.61 Å². The highest BCUT2D eigenvalue weighted by Crippen LogP contribution is 2.20. The van der Waals surface area contributed by atoms with E-state index < -0.39 is 10.0 Å². The molecule has 0 aliphatic carbocycles. The smallest absolute Gasteiger partial charge is 0.257 e. The first-order valence-electron chi connectivity index (χ1n) is 6.55. The molecule has 0 spiro atoms. The number of carbonyl (C=O) groups is 1. The molecule has 0 unspecified atom stereocenters. The van der Waals surface area contributed by atoms with Gasteiger partial charge in [-0.05, 0) is 24.3 Å². The van der Waals surface area contributed by atoms with Crippen LogP contribution in [-0.2, 0) is 19.6 Å². The van der Waals surface area contributed by atoms with Crippen LogP contribution in [-0.4, -0.2) is 58.6 Å². The highest BCUT2D eigenvalue weighted by atomic mass is 32.2. The van der Waals surface area contributed by atoms with Crippen LogP contribution in [0.1, 0.15) is 0 Å². The fourth-order valence-electron chi connectivity index (χ4n) is 1.86. The van der Waals surface area contributed by atoms with Crippen molar-refractivity contribution in [3.8, 4) is 5.75 Å². The molecule has 7 nitrogen and oxygen atoms in total. The molecule has 1 N–H and O–H groups in total. The van der Waals surface area contributed by atoms with Crippen molar-refractivity contribution in [2.45, 2.75) is 4.90 Å². The second-order valence-electron chi connectivity index (χ2n) is 4.45. The van der Waals surface area contributed by atoms with Crippen LogP contribution in [0.4, 0.5) is 0 Å². The van der Waals surface area contributed by atoms with Crippen LogP contribution in [0.2, 0.25) is 0 Å². The number of morpholine rings is 1. The number of hydrogen-bond donors (Lipinski definition) is 1. The molecule has 116 valence electrons. The third kappa shape index (κ3) is 3.93. The van der Waals surface area contributed by atoms with Gasteiger partial charge in [0, 0.05) is 20.1 Å². The Morgan fingerprint density at radius 3 is 2.48 bits per heavy atom. The van der Waals surface area contributed by atoms with Gasteiger partial charge >= 0.3 is 0 Å². The maximum Gasteiger partial charge on any atom is 0.257 e. The van der Waals surface area contributed by atoms with Crippen molar-refractivity contribution in [2.75, 3.05) is 40.0 Å². The van der Waals surface area contributed by atoms with Crippen LogP contribution in [0.15, 0.2) is 29.2 Å². The fourth-order valence-corrected chi connectivity index (χ4v) is 3.27. The monoisotopic (exact) mass is 314 g/mol. The Labute approximate surface area is 123 Å². The summed E-state index contributed by atoms with van der Waals surface area (Å²) in [5.41, 5.74) is 0.